The fourth-order valence-electron chi connectivity index (χ4n) is 0.209. The summed E-state index contributed by atoms with van der Waals surface area (Å²) in [5.41, 5.74) is -5.51. The Morgan fingerprint density at radius 1 is 1.46 bits per heavy atom. The number of amides is 1. The summed E-state index contributed by atoms with van der Waals surface area (Å²) in [5, 5.41) is 0. The molecule has 0 atom stereocenters. The number of ether oxygens (including phenoxy) is 1. The van der Waals surface area contributed by atoms with Crippen molar-refractivity contribution in [1.29, 1.82) is 0 Å². The average molecular weight is 215 g/mol. The maximum absolute atomic E-state index is 11.5. The molecule has 0 aliphatic carbocycles. The zero-order chi connectivity index (χ0) is 9.99. The standard InChI is InChI=1S/C3H4F3NO4S.Li.H/c1-11-2(8)7-12(9,10)3(4,5)6;;/h1H3,(H,7,8);;/q;+1;-1. The molecule has 0 radical (unpaired) electrons. The summed E-state index contributed by atoms with van der Waals surface area (Å²) >= 11 is 0. The van der Waals surface area contributed by atoms with Crippen LogP contribution in [0.3, 0.4) is 0 Å². The molecule has 1 amide bonds. The Balaban J connectivity index is -0.000000605. The molecular weight excluding hydrogens is 210 g/mol. The number of hydrogen-bond donors (Lipinski definition) is 1. The summed E-state index contributed by atoms with van der Waals surface area (Å²) in [7, 11) is -4.90. The SMILES string of the molecule is COC(=O)NS(=O)(=O)C(F)(F)F.[H-].[Li+]. The van der Waals surface area contributed by atoms with Crippen molar-refractivity contribution < 1.29 is 51.4 Å². The number of alkyl halides is 3. The smallest absolute Gasteiger partial charge is 1.00 e. The quantitative estimate of drug-likeness (QED) is 0.483. The molecule has 0 fully saturated rings. The van der Waals surface area contributed by atoms with Crippen LogP contribution in [0, 0.1) is 0 Å². The summed E-state index contributed by atoms with van der Waals surface area (Å²) in [4.78, 5) is 10.1. The molecule has 10 heteroatoms. The van der Waals surface area contributed by atoms with E-state index in [2.05, 4.69) is 4.74 Å². The van der Waals surface area contributed by atoms with Crippen LogP contribution in [-0.2, 0) is 14.8 Å². The average Bonchev–Trinajstić information content (AvgIpc) is 1.84. The van der Waals surface area contributed by atoms with Crippen molar-refractivity contribution >= 4 is 16.1 Å². The van der Waals surface area contributed by atoms with Gasteiger partial charge in [-0.2, -0.15) is 21.6 Å². The van der Waals surface area contributed by atoms with Crippen molar-refractivity contribution in [1.82, 2.24) is 4.72 Å². The number of rotatable bonds is 1. The number of methoxy groups -OCH3 is 1. The Hall–Kier alpha value is -0.393. The molecule has 0 saturated heterocycles. The zero-order valence-corrected chi connectivity index (χ0v) is 7.49. The first kappa shape index (κ1) is 15.1. The molecule has 0 heterocycles. The van der Waals surface area contributed by atoms with Gasteiger partial charge in [0.1, 0.15) is 0 Å². The van der Waals surface area contributed by atoms with Crippen molar-refractivity contribution in [3.05, 3.63) is 0 Å². The molecule has 0 aliphatic heterocycles. The van der Waals surface area contributed by atoms with E-state index >= 15 is 0 Å². The van der Waals surface area contributed by atoms with Crippen molar-refractivity contribution in [2.75, 3.05) is 7.11 Å². The fraction of sp³-hybridized carbons (Fsp3) is 0.667. The molecule has 1 N–H and O–H groups in total. The molecule has 0 unspecified atom stereocenters. The van der Waals surface area contributed by atoms with Gasteiger partial charge in [-0.3, -0.25) is 0 Å². The molecule has 13 heavy (non-hydrogen) atoms. The van der Waals surface area contributed by atoms with Crippen LogP contribution in [0.1, 0.15) is 1.43 Å². The molecule has 0 aromatic carbocycles. The van der Waals surface area contributed by atoms with Crippen molar-refractivity contribution in [2.45, 2.75) is 5.51 Å². The van der Waals surface area contributed by atoms with Crippen molar-refractivity contribution in [3.8, 4) is 0 Å². The summed E-state index contributed by atoms with van der Waals surface area (Å²) in [6.45, 7) is 0. The Morgan fingerprint density at radius 3 is 2.08 bits per heavy atom. The summed E-state index contributed by atoms with van der Waals surface area (Å²) in [6.07, 6.45) is -1.69. The van der Waals surface area contributed by atoms with Gasteiger partial charge in [-0.1, -0.05) is 0 Å². The Labute approximate surface area is 85.3 Å². The van der Waals surface area contributed by atoms with Gasteiger partial charge >= 0.3 is 40.5 Å². The largest absolute Gasteiger partial charge is 1.00 e. The number of carbonyl (C=O) groups is 1. The Kier molecular flexibility index (Phi) is 5.50. The molecular formula is C3H5F3LiNO4S. The minimum absolute atomic E-state index is 0. The van der Waals surface area contributed by atoms with Crippen LogP contribution in [0.15, 0.2) is 0 Å². The summed E-state index contributed by atoms with van der Waals surface area (Å²) in [5.74, 6) is 0. The first-order valence-corrected chi connectivity index (χ1v) is 3.86. The van der Waals surface area contributed by atoms with E-state index in [9.17, 15) is 26.4 Å². The van der Waals surface area contributed by atoms with Gasteiger partial charge in [-0.15, -0.1) is 0 Å². The van der Waals surface area contributed by atoms with E-state index in [1.807, 2.05) is 0 Å². The van der Waals surface area contributed by atoms with Crippen LogP contribution in [0.5, 0.6) is 0 Å². The van der Waals surface area contributed by atoms with E-state index in [1.54, 1.807) is 0 Å². The molecule has 0 aromatic rings. The third-order valence-electron chi connectivity index (χ3n) is 0.708. The van der Waals surface area contributed by atoms with Crippen molar-refractivity contribution in [2.24, 2.45) is 0 Å². The Morgan fingerprint density at radius 2 is 1.85 bits per heavy atom. The van der Waals surface area contributed by atoms with Crippen LogP contribution >= 0.6 is 0 Å². The van der Waals surface area contributed by atoms with E-state index in [0.29, 0.717) is 4.72 Å². The van der Waals surface area contributed by atoms with E-state index in [4.69, 9.17) is 0 Å². The second kappa shape index (κ2) is 4.74. The second-order valence-electron chi connectivity index (χ2n) is 1.54. The normalized spacial score (nSPS) is 11.4. The van der Waals surface area contributed by atoms with Gasteiger partial charge in [0.15, 0.2) is 0 Å². The summed E-state index contributed by atoms with van der Waals surface area (Å²) in [6, 6.07) is 0. The van der Waals surface area contributed by atoms with Crippen LogP contribution in [0.4, 0.5) is 18.0 Å². The number of hydrogen-bond acceptors (Lipinski definition) is 4. The van der Waals surface area contributed by atoms with Crippen molar-refractivity contribution in [3.63, 3.8) is 0 Å². The zero-order valence-electron chi connectivity index (χ0n) is 7.68. The maximum Gasteiger partial charge on any atom is 1.00 e. The molecule has 5 nitrogen and oxygen atoms in total. The van der Waals surface area contributed by atoms with Gasteiger partial charge < -0.3 is 6.16 Å². The molecule has 74 valence electrons. The topological polar surface area (TPSA) is 72.5 Å². The minimum atomic E-state index is -5.63. The Bertz CT molecular complexity index is 278. The number of carbonyl (C=O) groups excluding carboxylic acids is 1. The molecule has 0 spiro atoms. The monoisotopic (exact) mass is 215 g/mol. The molecule has 0 aromatic heterocycles. The van der Waals surface area contributed by atoms with E-state index < -0.39 is 21.6 Å². The van der Waals surface area contributed by atoms with Crippen LogP contribution < -0.4 is 23.6 Å². The van der Waals surface area contributed by atoms with Gasteiger partial charge in [0.05, 0.1) is 7.11 Å². The predicted octanol–water partition coefficient (Wildman–Crippen LogP) is -2.69. The van der Waals surface area contributed by atoms with Gasteiger partial charge in [0.25, 0.3) is 0 Å². The van der Waals surface area contributed by atoms with Gasteiger partial charge in [0, 0.05) is 0 Å². The molecule has 0 saturated carbocycles. The molecule has 0 bridgehead atoms. The van der Waals surface area contributed by atoms with E-state index in [0.717, 1.165) is 7.11 Å². The number of nitrogens with one attached hydrogen (secondary N) is 1. The van der Waals surface area contributed by atoms with Crippen LogP contribution in [0.2, 0.25) is 0 Å². The van der Waals surface area contributed by atoms with Gasteiger partial charge in [-0.25, -0.2) is 9.52 Å². The number of sulfonamides is 1. The van der Waals surface area contributed by atoms with Gasteiger partial charge in [0.2, 0.25) is 0 Å². The summed E-state index contributed by atoms with van der Waals surface area (Å²) < 4.78 is 58.9. The third-order valence-corrected chi connectivity index (χ3v) is 1.75. The first-order chi connectivity index (χ1) is 5.20. The first-order valence-electron chi connectivity index (χ1n) is 2.38. The van der Waals surface area contributed by atoms with E-state index in [1.165, 1.54) is 0 Å². The minimum Gasteiger partial charge on any atom is -1.00 e. The second-order valence-corrected chi connectivity index (χ2v) is 3.22. The number of halogens is 3. The predicted molar refractivity (Wildman–Crippen MR) is 31.6 cm³/mol. The maximum atomic E-state index is 11.5. The third kappa shape index (κ3) is 4.40. The van der Waals surface area contributed by atoms with Crippen LogP contribution in [0.25, 0.3) is 0 Å². The molecule has 0 aliphatic rings. The van der Waals surface area contributed by atoms with E-state index in [-0.39, 0.29) is 20.3 Å². The fourth-order valence-corrected chi connectivity index (χ4v) is 0.628. The van der Waals surface area contributed by atoms with Gasteiger partial charge in [-0.05, 0) is 0 Å². The van der Waals surface area contributed by atoms with Crippen LogP contribution in [-0.4, -0.2) is 27.1 Å². The molecule has 0 rings (SSSR count).